The third kappa shape index (κ3) is 16.1. The number of isothiocyanates is 1. The summed E-state index contributed by atoms with van der Waals surface area (Å²) in [5, 5.41) is 16.6. The van der Waals surface area contributed by atoms with Crippen molar-refractivity contribution in [3.63, 3.8) is 0 Å². The van der Waals surface area contributed by atoms with E-state index in [2.05, 4.69) is 24.1 Å². The van der Waals surface area contributed by atoms with Crippen molar-refractivity contribution >= 4 is 82.6 Å². The smallest absolute Gasteiger partial charge is 0.748 e. The van der Waals surface area contributed by atoms with Crippen LogP contribution in [0, 0.1) is 0 Å². The molecule has 2 heterocycles. The van der Waals surface area contributed by atoms with Crippen LogP contribution < -0.4 is 104 Å². The minimum Gasteiger partial charge on any atom is -0.748 e. The van der Waals surface area contributed by atoms with E-state index >= 15 is 0 Å². The molecule has 0 unspecified atom stereocenters. The summed E-state index contributed by atoms with van der Waals surface area (Å²) in [5.74, 6) is 0.0702. The van der Waals surface area contributed by atoms with Gasteiger partial charge in [0.1, 0.15) is 28.2 Å². The fourth-order valence-corrected chi connectivity index (χ4v) is 10.7. The number of rotatable bonds is 20. The van der Waals surface area contributed by atoms with Gasteiger partial charge in [-0.3, -0.25) is 5.04 Å². The summed E-state index contributed by atoms with van der Waals surface area (Å²) < 4.78 is 118. The van der Waals surface area contributed by atoms with Gasteiger partial charge in [-0.2, -0.15) is 13.9 Å². The van der Waals surface area contributed by atoms with Crippen LogP contribution in [0.2, 0.25) is 0 Å². The van der Waals surface area contributed by atoms with Crippen molar-refractivity contribution < 1.29 is 152 Å². The summed E-state index contributed by atoms with van der Waals surface area (Å²) in [6, 6.07) is 16.8. The molecule has 0 bridgehead atoms. The molecule has 24 heteroatoms. The topological polar surface area (TPSA) is 241 Å². The van der Waals surface area contributed by atoms with Crippen LogP contribution in [0.5, 0.6) is 5.75 Å². The van der Waals surface area contributed by atoms with Gasteiger partial charge in [0.15, 0.2) is 5.71 Å². The molecule has 69 heavy (non-hydrogen) atoms. The predicted octanol–water partition coefficient (Wildman–Crippen LogP) is -1.72. The maximum absolute atomic E-state index is 12.1. The van der Waals surface area contributed by atoms with Gasteiger partial charge in [0, 0.05) is 63.9 Å². The summed E-state index contributed by atoms with van der Waals surface area (Å²) in [6.45, 7) is 8.60. The first-order chi connectivity index (χ1) is 31.0. The standard InChI is InChI=1S/C45H51N3O13S5.3Na/c1-44(2)37-28-35(63-61-60-49)18-20-39(37)47(24-5-7-26-64(50,51)52)41(44)22-12-31-10-9-11-32(43(31)59-34-16-14-33(15-17-34)46-30-62)13-23-42-45(3,4)38-29-36(66(56,57)58)19-21-40(38)48(42)25-6-8-27-65(53,54)55;;;/h12-23,28-29H,5-11,24-27H2,1-4H3,(H3-,49,50,51,52,53,54,55,56,57,58);;;/q;3*+1/p-3. The van der Waals surface area contributed by atoms with E-state index in [1.807, 2.05) is 69.0 Å². The van der Waals surface area contributed by atoms with E-state index in [1.54, 1.807) is 36.4 Å². The van der Waals surface area contributed by atoms with Crippen molar-refractivity contribution in [2.75, 3.05) is 29.5 Å². The second-order valence-electron chi connectivity index (χ2n) is 17.0. The Hall–Kier alpha value is -1.35. The van der Waals surface area contributed by atoms with E-state index in [1.165, 1.54) is 12.1 Å². The molecule has 0 fully saturated rings. The molecule has 1 aliphatic carbocycles. The number of fused-ring (bicyclic) bond motifs is 2. The van der Waals surface area contributed by atoms with Crippen molar-refractivity contribution in [3.8, 4) is 5.75 Å². The normalized spacial score (nSPS) is 17.5. The molecule has 0 N–H and O–H groups in total. The molecular weight excluding hydrogens is 1020 g/mol. The predicted molar refractivity (Wildman–Crippen MR) is 248 cm³/mol. The summed E-state index contributed by atoms with van der Waals surface area (Å²) in [7, 11) is -13.6. The summed E-state index contributed by atoms with van der Waals surface area (Å²) in [6.07, 6.45) is 10.9. The number of allylic oxidation sites excluding steroid dienone is 7. The van der Waals surface area contributed by atoms with Gasteiger partial charge in [0.05, 0.1) is 53.4 Å². The first kappa shape index (κ1) is 61.9. The molecule has 0 saturated carbocycles. The van der Waals surface area contributed by atoms with Crippen molar-refractivity contribution in [2.24, 2.45) is 4.99 Å². The number of hydrogen-bond acceptors (Lipinski definition) is 17. The Morgan fingerprint density at radius 1 is 0.812 bits per heavy atom. The fourth-order valence-electron chi connectivity index (χ4n) is 8.62. The van der Waals surface area contributed by atoms with Crippen LogP contribution in [0.3, 0.4) is 0 Å². The SMILES string of the molecule is CC1(C)C(/C=C/C2=C(Oc3ccc(N=C=S)cc3)C(=C/C=C3/N(CCCCS(=O)(=O)[O-])c4ccc(S(=O)(=O)[O-])cc4C3(C)C)/CCC2)=[N+](CCCCS(=O)(=O)[O-])c2ccc(SOO[O-])cc21.[Na+].[Na+].[Na+]. The molecule has 2 aliphatic heterocycles. The third-order valence-corrected chi connectivity index (χ3v) is 14.9. The number of thiocarbonyl (C=S) groups is 1. The Morgan fingerprint density at radius 2 is 1.48 bits per heavy atom. The Labute approximate surface area is 480 Å². The van der Waals surface area contributed by atoms with E-state index in [0.717, 1.165) is 52.3 Å². The molecule has 354 valence electrons. The minimum atomic E-state index is -4.78. The van der Waals surface area contributed by atoms with Crippen molar-refractivity contribution in [2.45, 2.75) is 93.3 Å². The molecular formula is C45H48N3Na3O13S5. The van der Waals surface area contributed by atoms with Gasteiger partial charge >= 0.3 is 88.7 Å². The summed E-state index contributed by atoms with van der Waals surface area (Å²) in [5.41, 5.74) is 5.46. The van der Waals surface area contributed by atoms with Gasteiger partial charge in [-0.05, 0) is 148 Å². The van der Waals surface area contributed by atoms with Gasteiger partial charge in [-0.25, -0.2) is 25.3 Å². The average Bonchev–Trinajstić information content (AvgIpc) is 3.58. The van der Waals surface area contributed by atoms with Crippen LogP contribution in [0.15, 0.2) is 122 Å². The largest absolute Gasteiger partial charge is 1.00 e. The molecule has 16 nitrogen and oxygen atoms in total. The molecule has 0 aromatic heterocycles. The van der Waals surface area contributed by atoms with Crippen LogP contribution in [0.4, 0.5) is 17.1 Å². The molecule has 0 spiro atoms. The van der Waals surface area contributed by atoms with E-state index in [-0.39, 0.29) is 106 Å². The average molecular weight is 1070 g/mol. The maximum Gasteiger partial charge on any atom is 1.00 e. The molecule has 0 amide bonds. The number of aliphatic imine (C=N–C) groups is 1. The summed E-state index contributed by atoms with van der Waals surface area (Å²) in [4.78, 5) is 6.25. The number of nitrogens with zero attached hydrogens (tertiary/aromatic N) is 3. The van der Waals surface area contributed by atoms with Gasteiger partial charge in [-0.1, -0.05) is 19.9 Å². The molecule has 3 aromatic rings. The van der Waals surface area contributed by atoms with Crippen molar-refractivity contribution in [1.82, 2.24) is 0 Å². The third-order valence-electron chi connectivity index (χ3n) is 11.8. The number of hydrogen-bond donors (Lipinski definition) is 0. The van der Waals surface area contributed by atoms with Crippen LogP contribution in [0.1, 0.15) is 83.8 Å². The Kier molecular flexibility index (Phi) is 23.5. The zero-order valence-electron chi connectivity index (χ0n) is 39.6. The zero-order chi connectivity index (χ0) is 48.1. The molecule has 0 atom stereocenters. The molecule has 0 radical (unpaired) electrons. The molecule has 0 saturated heterocycles. The van der Waals surface area contributed by atoms with Crippen LogP contribution in [-0.2, 0) is 50.6 Å². The molecule has 3 aliphatic rings. The zero-order valence-corrected chi connectivity index (χ0v) is 49.6. The number of anilines is 1. The second kappa shape index (κ2) is 26.2. The van der Waals surface area contributed by atoms with Crippen molar-refractivity contribution in [3.05, 3.63) is 119 Å². The van der Waals surface area contributed by atoms with Crippen LogP contribution in [0.25, 0.3) is 0 Å². The fraction of sp³-hybridized carbons (Fsp3) is 0.378. The Morgan fingerprint density at radius 3 is 2.10 bits per heavy atom. The number of unbranched alkanes of at least 4 members (excludes halogenated alkanes) is 2. The van der Waals surface area contributed by atoms with E-state index in [4.69, 9.17) is 17.0 Å². The van der Waals surface area contributed by atoms with Gasteiger partial charge < -0.3 is 28.6 Å². The first-order valence-corrected chi connectivity index (χ1v) is 26.6. The Balaban J connectivity index is 0.00000420. The summed E-state index contributed by atoms with van der Waals surface area (Å²) >= 11 is 5.55. The quantitative estimate of drug-likeness (QED) is 0.0141. The first-order valence-electron chi connectivity index (χ1n) is 20.9. The monoisotopic (exact) mass is 1070 g/mol. The maximum atomic E-state index is 12.1. The van der Waals surface area contributed by atoms with Crippen molar-refractivity contribution in [1.29, 1.82) is 0 Å². The number of ether oxygens (including phenoxy) is 1. The molecule has 6 rings (SSSR count). The van der Waals surface area contributed by atoms with E-state index in [9.17, 15) is 44.2 Å². The minimum absolute atomic E-state index is 0. The van der Waals surface area contributed by atoms with Crippen LogP contribution >= 0.6 is 24.3 Å². The van der Waals surface area contributed by atoms with Gasteiger partial charge in [0.2, 0.25) is 5.69 Å². The second-order valence-corrected chi connectivity index (χ2v) is 22.4. The van der Waals surface area contributed by atoms with Gasteiger partial charge in [0.25, 0.3) is 0 Å². The van der Waals surface area contributed by atoms with E-state index < -0.39 is 52.7 Å². The number of benzene rings is 3. The Bertz CT molecular complexity index is 2920. The van der Waals surface area contributed by atoms with Gasteiger partial charge in [-0.15, -0.1) is 0 Å². The molecule has 3 aromatic carbocycles. The van der Waals surface area contributed by atoms with E-state index in [0.29, 0.717) is 72.1 Å². The van der Waals surface area contributed by atoms with Crippen LogP contribution in [-0.4, -0.2) is 79.0 Å².